The molecule has 30 heavy (non-hydrogen) atoms. The third-order valence-corrected chi connectivity index (χ3v) is 5.09. The maximum absolute atomic E-state index is 13.1. The second-order valence-corrected chi connectivity index (χ2v) is 8.17. The molecule has 0 aliphatic heterocycles. The minimum Gasteiger partial charge on any atom is -0.497 e. The summed E-state index contributed by atoms with van der Waals surface area (Å²) in [5, 5.41) is 2.95. The molecule has 1 N–H and O–H groups in total. The van der Waals surface area contributed by atoms with Gasteiger partial charge in [-0.1, -0.05) is 55.8 Å². The van der Waals surface area contributed by atoms with Gasteiger partial charge in [-0.2, -0.15) is 0 Å². The lowest BCUT2D eigenvalue weighted by molar-refractivity contribution is -0.140. The molecule has 0 saturated heterocycles. The molecule has 1 atom stereocenters. The van der Waals surface area contributed by atoms with E-state index in [1.807, 2.05) is 57.2 Å². The molecule has 2 aromatic rings. The number of methoxy groups -OCH3 is 1. The average molecular weight is 411 g/mol. The van der Waals surface area contributed by atoms with Crippen LogP contribution >= 0.6 is 0 Å². The molecule has 2 rings (SSSR count). The zero-order valence-corrected chi connectivity index (χ0v) is 18.8. The molecule has 0 spiro atoms. The lowest BCUT2D eigenvalue weighted by Gasteiger charge is -2.29. The zero-order chi connectivity index (χ0) is 22.1. The molecule has 2 aromatic carbocycles. The number of nitrogens with one attached hydrogen (secondary N) is 1. The summed E-state index contributed by atoms with van der Waals surface area (Å²) in [6.45, 7) is 8.88. The highest BCUT2D eigenvalue weighted by molar-refractivity contribution is 5.87. The van der Waals surface area contributed by atoms with Gasteiger partial charge in [-0.15, -0.1) is 0 Å². The van der Waals surface area contributed by atoms with Gasteiger partial charge in [-0.05, 0) is 49.4 Å². The van der Waals surface area contributed by atoms with E-state index in [1.54, 1.807) is 18.9 Å². The molecule has 0 heterocycles. The van der Waals surface area contributed by atoms with Gasteiger partial charge in [0, 0.05) is 19.5 Å². The van der Waals surface area contributed by atoms with E-state index in [-0.39, 0.29) is 11.8 Å². The van der Waals surface area contributed by atoms with Crippen LogP contribution in [0.3, 0.4) is 0 Å². The number of aryl methyl sites for hydroxylation is 2. The summed E-state index contributed by atoms with van der Waals surface area (Å²) in [4.78, 5) is 27.5. The SMILES string of the molecule is COc1cccc(CN(C(=O)CCc2ccc(C)cc2)C(C)C(=O)NCC(C)C)c1. The quantitative estimate of drug-likeness (QED) is 0.641. The smallest absolute Gasteiger partial charge is 0.242 e. The first-order valence-corrected chi connectivity index (χ1v) is 10.6. The second-order valence-electron chi connectivity index (χ2n) is 8.17. The van der Waals surface area contributed by atoms with Crippen molar-refractivity contribution in [3.63, 3.8) is 0 Å². The first-order chi connectivity index (χ1) is 14.3. The molecule has 162 valence electrons. The van der Waals surface area contributed by atoms with E-state index >= 15 is 0 Å². The molecule has 0 fully saturated rings. The van der Waals surface area contributed by atoms with Gasteiger partial charge in [-0.25, -0.2) is 0 Å². The summed E-state index contributed by atoms with van der Waals surface area (Å²) >= 11 is 0. The lowest BCUT2D eigenvalue weighted by atomic mass is 10.1. The van der Waals surface area contributed by atoms with Crippen molar-refractivity contribution in [3.8, 4) is 5.75 Å². The molecule has 1 unspecified atom stereocenters. The highest BCUT2D eigenvalue weighted by Crippen LogP contribution is 2.17. The predicted molar refractivity (Wildman–Crippen MR) is 120 cm³/mol. The maximum atomic E-state index is 13.1. The van der Waals surface area contributed by atoms with Gasteiger partial charge in [0.1, 0.15) is 11.8 Å². The number of ether oxygens (including phenoxy) is 1. The van der Waals surface area contributed by atoms with Crippen LogP contribution in [0.4, 0.5) is 0 Å². The molecule has 0 saturated carbocycles. The van der Waals surface area contributed by atoms with Gasteiger partial charge in [0.25, 0.3) is 0 Å². The third-order valence-electron chi connectivity index (χ3n) is 5.09. The lowest BCUT2D eigenvalue weighted by Crippen LogP contribution is -2.48. The van der Waals surface area contributed by atoms with E-state index in [0.717, 1.165) is 16.9 Å². The van der Waals surface area contributed by atoms with Crippen molar-refractivity contribution < 1.29 is 14.3 Å². The Balaban J connectivity index is 2.14. The monoisotopic (exact) mass is 410 g/mol. The summed E-state index contributed by atoms with van der Waals surface area (Å²) in [5.74, 6) is 0.919. The number of nitrogens with zero attached hydrogens (tertiary/aromatic N) is 1. The van der Waals surface area contributed by atoms with Crippen molar-refractivity contribution in [1.29, 1.82) is 0 Å². The second kappa shape index (κ2) is 11.4. The fourth-order valence-corrected chi connectivity index (χ4v) is 3.15. The summed E-state index contributed by atoms with van der Waals surface area (Å²) < 4.78 is 5.30. The Kier molecular flexibility index (Phi) is 8.90. The van der Waals surface area contributed by atoms with Crippen molar-refractivity contribution in [2.75, 3.05) is 13.7 Å². The summed E-state index contributed by atoms with van der Waals surface area (Å²) in [7, 11) is 1.62. The van der Waals surface area contributed by atoms with Gasteiger partial charge in [0.15, 0.2) is 0 Å². The van der Waals surface area contributed by atoms with E-state index < -0.39 is 6.04 Å². The zero-order valence-electron chi connectivity index (χ0n) is 18.8. The molecule has 2 amide bonds. The summed E-state index contributed by atoms with van der Waals surface area (Å²) in [6, 6.07) is 15.3. The first kappa shape index (κ1) is 23.5. The van der Waals surface area contributed by atoms with Crippen molar-refractivity contribution >= 4 is 11.8 Å². The topological polar surface area (TPSA) is 58.6 Å². The molecule has 5 nitrogen and oxygen atoms in total. The van der Waals surface area contributed by atoms with Crippen LogP contribution in [0.25, 0.3) is 0 Å². The molecular formula is C25H34N2O3. The number of carbonyl (C=O) groups is 2. The fourth-order valence-electron chi connectivity index (χ4n) is 3.15. The minimum atomic E-state index is -0.555. The van der Waals surface area contributed by atoms with Gasteiger partial charge in [0.2, 0.25) is 11.8 Å². The van der Waals surface area contributed by atoms with E-state index in [9.17, 15) is 9.59 Å². The normalized spacial score (nSPS) is 11.8. The van der Waals surface area contributed by atoms with Crippen molar-refractivity contribution in [3.05, 3.63) is 65.2 Å². The van der Waals surface area contributed by atoms with E-state index in [4.69, 9.17) is 4.74 Å². The van der Waals surface area contributed by atoms with Crippen molar-refractivity contribution in [1.82, 2.24) is 10.2 Å². The van der Waals surface area contributed by atoms with Gasteiger partial charge < -0.3 is 15.0 Å². The largest absolute Gasteiger partial charge is 0.497 e. The number of carbonyl (C=O) groups excluding carboxylic acids is 2. The summed E-state index contributed by atoms with van der Waals surface area (Å²) in [5.41, 5.74) is 3.24. The molecule has 0 radical (unpaired) electrons. The average Bonchev–Trinajstić information content (AvgIpc) is 2.74. The van der Waals surface area contributed by atoms with Crippen LogP contribution in [0.1, 0.15) is 43.9 Å². The van der Waals surface area contributed by atoms with E-state index in [1.165, 1.54) is 5.56 Å². The fraction of sp³-hybridized carbons (Fsp3) is 0.440. The van der Waals surface area contributed by atoms with Crippen LogP contribution < -0.4 is 10.1 Å². The van der Waals surface area contributed by atoms with Crippen LogP contribution in [0, 0.1) is 12.8 Å². The Morgan fingerprint density at radius 1 is 1.03 bits per heavy atom. The number of benzene rings is 2. The third kappa shape index (κ3) is 7.21. The minimum absolute atomic E-state index is 0.0365. The molecular weight excluding hydrogens is 376 g/mol. The standard InChI is InChI=1S/C25H34N2O3/c1-18(2)16-26-25(29)20(4)27(17-22-7-6-8-23(15-22)30-5)24(28)14-13-21-11-9-19(3)10-12-21/h6-12,15,18,20H,13-14,16-17H2,1-5H3,(H,26,29). The number of hydrogen-bond donors (Lipinski definition) is 1. The molecule has 0 bridgehead atoms. The van der Waals surface area contributed by atoms with Gasteiger partial charge in [-0.3, -0.25) is 9.59 Å². The Morgan fingerprint density at radius 3 is 2.37 bits per heavy atom. The Bertz CT molecular complexity index is 831. The molecule has 0 aromatic heterocycles. The van der Waals surface area contributed by atoms with Crippen LogP contribution in [-0.4, -0.2) is 36.4 Å². The highest BCUT2D eigenvalue weighted by Gasteiger charge is 2.26. The summed E-state index contributed by atoms with van der Waals surface area (Å²) in [6.07, 6.45) is 1.00. The molecule has 5 heteroatoms. The maximum Gasteiger partial charge on any atom is 0.242 e. The van der Waals surface area contributed by atoms with Gasteiger partial charge in [0.05, 0.1) is 7.11 Å². The first-order valence-electron chi connectivity index (χ1n) is 10.6. The van der Waals surface area contributed by atoms with Gasteiger partial charge >= 0.3 is 0 Å². The number of amides is 2. The molecule has 0 aliphatic carbocycles. The van der Waals surface area contributed by atoms with E-state index in [2.05, 4.69) is 17.4 Å². The van der Waals surface area contributed by atoms with Crippen LogP contribution in [0.2, 0.25) is 0 Å². The van der Waals surface area contributed by atoms with Crippen LogP contribution in [-0.2, 0) is 22.6 Å². The van der Waals surface area contributed by atoms with Crippen LogP contribution in [0.5, 0.6) is 5.75 Å². The van der Waals surface area contributed by atoms with Crippen LogP contribution in [0.15, 0.2) is 48.5 Å². The van der Waals surface area contributed by atoms with Crippen molar-refractivity contribution in [2.24, 2.45) is 5.92 Å². The Labute approximate surface area is 180 Å². The molecule has 0 aliphatic rings. The Morgan fingerprint density at radius 2 is 1.73 bits per heavy atom. The highest BCUT2D eigenvalue weighted by atomic mass is 16.5. The Hall–Kier alpha value is -2.82. The van der Waals surface area contributed by atoms with E-state index in [0.29, 0.717) is 31.8 Å². The predicted octanol–water partition coefficient (Wildman–Crippen LogP) is 4.13. The number of rotatable bonds is 10. The number of hydrogen-bond acceptors (Lipinski definition) is 3. The van der Waals surface area contributed by atoms with Crippen molar-refractivity contribution in [2.45, 2.75) is 53.1 Å².